The van der Waals surface area contributed by atoms with Crippen LogP contribution in [0.2, 0.25) is 5.02 Å². The van der Waals surface area contributed by atoms with Crippen molar-refractivity contribution in [3.8, 4) is 0 Å². The Labute approximate surface area is 110 Å². The zero-order valence-corrected chi connectivity index (χ0v) is 11.8. The molecule has 0 saturated carbocycles. The van der Waals surface area contributed by atoms with Crippen LogP contribution >= 0.6 is 11.6 Å². The van der Waals surface area contributed by atoms with E-state index in [0.29, 0.717) is 12.5 Å². The molecule has 0 amide bonds. The summed E-state index contributed by atoms with van der Waals surface area (Å²) in [4.78, 5) is 2.22. The molecule has 0 atom stereocenters. The summed E-state index contributed by atoms with van der Waals surface area (Å²) >= 11 is 6.29. The Hall–Kier alpha value is -0.730. The maximum absolute atomic E-state index is 6.29. The number of hydrogen-bond acceptors (Lipinski definition) is 2. The normalized spacial score (nSPS) is 10.9. The van der Waals surface area contributed by atoms with Gasteiger partial charge in [0.15, 0.2) is 0 Å². The zero-order valence-electron chi connectivity index (χ0n) is 11.0. The maximum atomic E-state index is 6.29. The van der Waals surface area contributed by atoms with Crippen LogP contribution in [0, 0.1) is 5.92 Å². The van der Waals surface area contributed by atoms with Crippen molar-refractivity contribution in [1.82, 2.24) is 0 Å². The van der Waals surface area contributed by atoms with Crippen LogP contribution in [-0.4, -0.2) is 20.1 Å². The number of halogens is 1. The molecular formula is C14H23ClN2. The lowest BCUT2D eigenvalue weighted by Crippen LogP contribution is -2.20. The third kappa shape index (κ3) is 4.57. The van der Waals surface area contributed by atoms with Crippen molar-refractivity contribution in [1.29, 1.82) is 0 Å². The molecule has 2 N–H and O–H groups in total. The first kappa shape index (κ1) is 14.3. The van der Waals surface area contributed by atoms with Crippen molar-refractivity contribution >= 4 is 17.3 Å². The largest absolute Gasteiger partial charge is 0.373 e. The molecule has 96 valence electrons. The number of hydrogen-bond donors (Lipinski definition) is 1. The summed E-state index contributed by atoms with van der Waals surface area (Å²) < 4.78 is 0. The Balaban J connectivity index is 2.70. The summed E-state index contributed by atoms with van der Waals surface area (Å²) in [6.07, 6.45) is 2.06. The van der Waals surface area contributed by atoms with E-state index in [1.807, 2.05) is 6.07 Å². The summed E-state index contributed by atoms with van der Waals surface area (Å²) in [5.41, 5.74) is 7.85. The Bertz CT molecular complexity index is 350. The van der Waals surface area contributed by atoms with E-state index in [0.717, 1.165) is 23.7 Å². The molecule has 0 heterocycles. The van der Waals surface area contributed by atoms with Gasteiger partial charge in [-0.1, -0.05) is 31.5 Å². The van der Waals surface area contributed by atoms with Gasteiger partial charge in [0, 0.05) is 13.6 Å². The molecule has 0 fully saturated rings. The Morgan fingerprint density at radius 1 is 1.35 bits per heavy atom. The predicted molar refractivity (Wildman–Crippen MR) is 76.9 cm³/mol. The van der Waals surface area contributed by atoms with Crippen LogP contribution in [0.15, 0.2) is 18.2 Å². The highest BCUT2D eigenvalue weighted by Gasteiger charge is 2.07. The molecule has 0 saturated heterocycles. The fourth-order valence-electron chi connectivity index (χ4n) is 1.75. The second-order valence-corrected chi connectivity index (χ2v) is 5.34. The third-order valence-electron chi connectivity index (χ3n) is 2.90. The van der Waals surface area contributed by atoms with Gasteiger partial charge in [-0.3, -0.25) is 0 Å². The molecule has 0 radical (unpaired) electrons. The standard InChI is InChI=1S/C14H23ClN2/c1-11(2)7-9-17(3)14-5-4-12(6-8-16)10-13(14)15/h4-5,10-11H,6-9,16H2,1-3H3. The molecule has 1 rings (SSSR count). The maximum Gasteiger partial charge on any atom is 0.0642 e. The molecule has 1 aromatic rings. The van der Waals surface area contributed by atoms with Crippen molar-refractivity contribution in [2.75, 3.05) is 25.0 Å². The van der Waals surface area contributed by atoms with E-state index in [2.05, 4.69) is 37.9 Å². The van der Waals surface area contributed by atoms with Crippen molar-refractivity contribution in [2.24, 2.45) is 11.7 Å². The molecule has 3 heteroatoms. The molecule has 2 nitrogen and oxygen atoms in total. The number of benzene rings is 1. The van der Waals surface area contributed by atoms with Crippen LogP contribution in [0.3, 0.4) is 0 Å². The topological polar surface area (TPSA) is 29.3 Å². The van der Waals surface area contributed by atoms with Gasteiger partial charge in [0.2, 0.25) is 0 Å². The molecule has 1 aromatic carbocycles. The Morgan fingerprint density at radius 2 is 2.06 bits per heavy atom. The number of anilines is 1. The molecule has 0 bridgehead atoms. The predicted octanol–water partition coefficient (Wildman–Crippen LogP) is 3.32. The molecular weight excluding hydrogens is 232 g/mol. The van der Waals surface area contributed by atoms with E-state index >= 15 is 0 Å². The van der Waals surface area contributed by atoms with E-state index in [1.165, 1.54) is 12.0 Å². The van der Waals surface area contributed by atoms with Gasteiger partial charge < -0.3 is 10.6 Å². The van der Waals surface area contributed by atoms with Gasteiger partial charge in [0.1, 0.15) is 0 Å². The van der Waals surface area contributed by atoms with Crippen LogP contribution in [0.25, 0.3) is 0 Å². The SMILES string of the molecule is CC(C)CCN(C)c1ccc(CCN)cc1Cl. The lowest BCUT2D eigenvalue weighted by Gasteiger charge is -2.22. The van der Waals surface area contributed by atoms with Gasteiger partial charge in [-0.05, 0) is 43.0 Å². The average molecular weight is 255 g/mol. The number of nitrogens with two attached hydrogens (primary N) is 1. The van der Waals surface area contributed by atoms with E-state index < -0.39 is 0 Å². The van der Waals surface area contributed by atoms with Crippen molar-refractivity contribution in [3.63, 3.8) is 0 Å². The van der Waals surface area contributed by atoms with Crippen LogP contribution in [0.5, 0.6) is 0 Å². The van der Waals surface area contributed by atoms with Gasteiger partial charge in [-0.2, -0.15) is 0 Å². The van der Waals surface area contributed by atoms with Crippen LogP contribution in [-0.2, 0) is 6.42 Å². The van der Waals surface area contributed by atoms with Crippen molar-refractivity contribution < 1.29 is 0 Å². The summed E-state index contributed by atoms with van der Waals surface area (Å²) in [5.74, 6) is 0.715. The lowest BCUT2D eigenvalue weighted by atomic mass is 10.1. The summed E-state index contributed by atoms with van der Waals surface area (Å²) in [7, 11) is 2.09. The molecule has 0 spiro atoms. The summed E-state index contributed by atoms with van der Waals surface area (Å²) in [5, 5.41) is 0.821. The van der Waals surface area contributed by atoms with E-state index in [9.17, 15) is 0 Å². The molecule has 0 aliphatic rings. The van der Waals surface area contributed by atoms with Crippen LogP contribution in [0.4, 0.5) is 5.69 Å². The van der Waals surface area contributed by atoms with E-state index in [4.69, 9.17) is 17.3 Å². The molecule has 0 aliphatic heterocycles. The average Bonchev–Trinajstić information content (AvgIpc) is 2.26. The monoisotopic (exact) mass is 254 g/mol. The first-order valence-electron chi connectivity index (χ1n) is 6.24. The van der Waals surface area contributed by atoms with Gasteiger partial charge >= 0.3 is 0 Å². The van der Waals surface area contributed by atoms with Crippen molar-refractivity contribution in [2.45, 2.75) is 26.7 Å². The summed E-state index contributed by atoms with van der Waals surface area (Å²) in [6.45, 7) is 6.17. The minimum Gasteiger partial charge on any atom is -0.373 e. The van der Waals surface area contributed by atoms with Crippen LogP contribution < -0.4 is 10.6 Å². The zero-order chi connectivity index (χ0) is 12.8. The minimum atomic E-state index is 0.666. The van der Waals surface area contributed by atoms with E-state index in [1.54, 1.807) is 0 Å². The molecule has 0 aromatic heterocycles. The third-order valence-corrected chi connectivity index (χ3v) is 3.20. The second-order valence-electron chi connectivity index (χ2n) is 4.93. The highest BCUT2D eigenvalue weighted by atomic mass is 35.5. The quantitative estimate of drug-likeness (QED) is 0.844. The molecule has 0 aliphatic carbocycles. The fraction of sp³-hybridized carbons (Fsp3) is 0.571. The van der Waals surface area contributed by atoms with Crippen molar-refractivity contribution in [3.05, 3.63) is 28.8 Å². The lowest BCUT2D eigenvalue weighted by molar-refractivity contribution is 0.585. The second kappa shape index (κ2) is 6.87. The Morgan fingerprint density at radius 3 is 2.59 bits per heavy atom. The van der Waals surface area contributed by atoms with E-state index in [-0.39, 0.29) is 0 Å². The van der Waals surface area contributed by atoms with Gasteiger partial charge in [0.05, 0.1) is 10.7 Å². The smallest absolute Gasteiger partial charge is 0.0642 e. The highest BCUT2D eigenvalue weighted by Crippen LogP contribution is 2.26. The molecule has 0 unspecified atom stereocenters. The Kier molecular flexibility index (Phi) is 5.79. The van der Waals surface area contributed by atoms with Crippen LogP contribution in [0.1, 0.15) is 25.8 Å². The van der Waals surface area contributed by atoms with Gasteiger partial charge in [-0.25, -0.2) is 0 Å². The number of rotatable bonds is 6. The first-order chi connectivity index (χ1) is 8.04. The number of nitrogens with zero attached hydrogens (tertiary/aromatic N) is 1. The highest BCUT2D eigenvalue weighted by molar-refractivity contribution is 6.33. The van der Waals surface area contributed by atoms with Gasteiger partial charge in [-0.15, -0.1) is 0 Å². The van der Waals surface area contributed by atoms with Gasteiger partial charge in [0.25, 0.3) is 0 Å². The first-order valence-corrected chi connectivity index (χ1v) is 6.62. The summed E-state index contributed by atoms with van der Waals surface area (Å²) in [6, 6.07) is 6.23. The fourth-order valence-corrected chi connectivity index (χ4v) is 2.10. The molecule has 17 heavy (non-hydrogen) atoms. The minimum absolute atomic E-state index is 0.666.